The summed E-state index contributed by atoms with van der Waals surface area (Å²) >= 11 is 1.38. The number of amides is 1. The summed E-state index contributed by atoms with van der Waals surface area (Å²) in [5, 5.41) is 3.47. The van der Waals surface area contributed by atoms with Crippen molar-refractivity contribution in [3.63, 3.8) is 0 Å². The molecular weight excluding hydrogens is 328 g/mol. The minimum atomic E-state index is -0.102. The average molecular weight is 348 g/mol. The van der Waals surface area contributed by atoms with Crippen LogP contribution in [0.1, 0.15) is 23.6 Å². The smallest absolute Gasteiger partial charge is 0.264 e. The van der Waals surface area contributed by atoms with Gasteiger partial charge in [-0.05, 0) is 66.9 Å². The van der Waals surface area contributed by atoms with Gasteiger partial charge in [-0.2, -0.15) is 0 Å². The van der Waals surface area contributed by atoms with Gasteiger partial charge in [-0.15, -0.1) is 0 Å². The molecule has 1 aliphatic heterocycles. The number of hydrogen-bond acceptors (Lipinski definition) is 3. The third kappa shape index (κ3) is 4.28. The van der Waals surface area contributed by atoms with Gasteiger partial charge in [0.25, 0.3) is 5.91 Å². The molecule has 0 aliphatic carbocycles. The maximum absolute atomic E-state index is 12.2. The van der Waals surface area contributed by atoms with Gasteiger partial charge in [0, 0.05) is 0 Å². The summed E-state index contributed by atoms with van der Waals surface area (Å²) in [5.74, 6) is -0.102. The van der Waals surface area contributed by atoms with Crippen LogP contribution in [0.25, 0.3) is 6.08 Å². The van der Waals surface area contributed by atoms with Crippen LogP contribution >= 0.6 is 11.8 Å². The first-order chi connectivity index (χ1) is 12.0. The Morgan fingerprint density at radius 2 is 1.84 bits per heavy atom. The molecule has 1 saturated heterocycles. The lowest BCUT2D eigenvalue weighted by molar-refractivity contribution is -0.115. The molecule has 0 radical (unpaired) electrons. The summed E-state index contributed by atoms with van der Waals surface area (Å²) in [7, 11) is 0. The number of allylic oxidation sites excluding steroid dienone is 2. The predicted octanol–water partition coefficient (Wildman–Crippen LogP) is 5.14. The van der Waals surface area contributed by atoms with Crippen molar-refractivity contribution in [1.82, 2.24) is 5.32 Å². The molecule has 25 heavy (non-hydrogen) atoms. The Morgan fingerprint density at radius 1 is 1.08 bits per heavy atom. The van der Waals surface area contributed by atoms with E-state index >= 15 is 0 Å². The number of nitrogens with zero attached hydrogens (tertiary/aromatic N) is 1. The van der Waals surface area contributed by atoms with Crippen LogP contribution in [0.5, 0.6) is 0 Å². The molecule has 126 valence electrons. The quantitative estimate of drug-likeness (QED) is 0.780. The molecule has 4 heteroatoms. The van der Waals surface area contributed by atoms with Gasteiger partial charge < -0.3 is 5.32 Å². The minimum absolute atomic E-state index is 0.102. The number of thioether (sulfide) groups is 1. The Balaban J connectivity index is 1.81. The zero-order valence-corrected chi connectivity index (χ0v) is 15.4. The van der Waals surface area contributed by atoms with Crippen LogP contribution in [-0.2, 0) is 4.79 Å². The lowest BCUT2D eigenvalue weighted by atomic mass is 10.1. The SMILES string of the molecule is CC(/C=C1\SC(=Nc2cccc(C)c2C)NC1=O)=C\c1ccccc1. The van der Waals surface area contributed by atoms with E-state index in [1.165, 1.54) is 17.3 Å². The molecule has 3 nitrogen and oxygen atoms in total. The first-order valence-corrected chi connectivity index (χ1v) is 8.94. The minimum Gasteiger partial charge on any atom is -0.300 e. The van der Waals surface area contributed by atoms with Crippen LogP contribution in [-0.4, -0.2) is 11.1 Å². The summed E-state index contributed by atoms with van der Waals surface area (Å²) in [6.45, 7) is 6.09. The molecule has 0 atom stereocenters. The maximum Gasteiger partial charge on any atom is 0.264 e. The van der Waals surface area contributed by atoms with Gasteiger partial charge in [0.15, 0.2) is 5.17 Å². The maximum atomic E-state index is 12.2. The van der Waals surface area contributed by atoms with Crippen LogP contribution in [0.2, 0.25) is 0 Å². The number of carbonyl (C=O) groups is 1. The van der Waals surface area contributed by atoms with E-state index in [1.807, 2.05) is 62.4 Å². The molecule has 1 aliphatic rings. The van der Waals surface area contributed by atoms with Crippen LogP contribution in [0.3, 0.4) is 0 Å². The van der Waals surface area contributed by atoms with Crippen molar-refractivity contribution in [3.8, 4) is 0 Å². The van der Waals surface area contributed by atoms with Gasteiger partial charge in [-0.1, -0.05) is 48.5 Å². The van der Waals surface area contributed by atoms with Gasteiger partial charge in [0.05, 0.1) is 10.6 Å². The van der Waals surface area contributed by atoms with Gasteiger partial charge in [-0.25, -0.2) is 4.99 Å². The Morgan fingerprint density at radius 3 is 2.60 bits per heavy atom. The van der Waals surface area contributed by atoms with E-state index in [1.54, 1.807) is 0 Å². The Bertz CT molecular complexity index is 895. The molecule has 1 amide bonds. The molecule has 0 saturated carbocycles. The summed E-state index contributed by atoms with van der Waals surface area (Å²) < 4.78 is 0. The molecular formula is C21H20N2OS. The predicted molar refractivity (Wildman–Crippen MR) is 107 cm³/mol. The molecule has 0 unspecified atom stereocenters. The van der Waals surface area contributed by atoms with Crippen molar-refractivity contribution >= 4 is 34.6 Å². The number of aryl methyl sites for hydroxylation is 1. The Kier molecular flexibility index (Phi) is 5.19. The van der Waals surface area contributed by atoms with Crippen molar-refractivity contribution in [1.29, 1.82) is 0 Å². The molecule has 0 bridgehead atoms. The fourth-order valence-corrected chi connectivity index (χ4v) is 3.39. The van der Waals surface area contributed by atoms with Crippen LogP contribution in [0.15, 0.2) is 70.1 Å². The molecule has 1 fully saturated rings. The summed E-state index contributed by atoms with van der Waals surface area (Å²) in [6.07, 6.45) is 3.96. The van der Waals surface area contributed by atoms with Gasteiger partial charge in [-0.3, -0.25) is 4.79 Å². The second-order valence-corrected chi connectivity index (χ2v) is 7.03. The van der Waals surface area contributed by atoms with Gasteiger partial charge in [0.1, 0.15) is 0 Å². The summed E-state index contributed by atoms with van der Waals surface area (Å²) in [4.78, 5) is 17.5. The second-order valence-electron chi connectivity index (χ2n) is 6.00. The van der Waals surface area contributed by atoms with E-state index in [2.05, 4.69) is 29.4 Å². The van der Waals surface area contributed by atoms with Gasteiger partial charge >= 0.3 is 0 Å². The highest BCUT2D eigenvalue weighted by Crippen LogP contribution is 2.29. The molecule has 3 rings (SSSR count). The topological polar surface area (TPSA) is 41.5 Å². The van der Waals surface area contributed by atoms with Crippen LogP contribution < -0.4 is 5.32 Å². The van der Waals surface area contributed by atoms with Gasteiger partial charge in [0.2, 0.25) is 0 Å². The van der Waals surface area contributed by atoms with Crippen LogP contribution in [0.4, 0.5) is 5.69 Å². The van der Waals surface area contributed by atoms with E-state index in [4.69, 9.17) is 0 Å². The second kappa shape index (κ2) is 7.53. The molecule has 1 N–H and O–H groups in total. The number of benzene rings is 2. The van der Waals surface area contributed by atoms with E-state index in [9.17, 15) is 4.79 Å². The molecule has 2 aromatic rings. The zero-order valence-electron chi connectivity index (χ0n) is 14.5. The number of aliphatic imine (C=N–C) groups is 1. The third-order valence-electron chi connectivity index (χ3n) is 4.00. The van der Waals surface area contributed by atoms with Crippen molar-refractivity contribution in [2.24, 2.45) is 4.99 Å². The van der Waals surface area contributed by atoms with Crippen molar-refractivity contribution in [3.05, 3.63) is 81.8 Å². The fourth-order valence-electron chi connectivity index (χ4n) is 2.51. The molecule has 0 spiro atoms. The highest BCUT2D eigenvalue weighted by atomic mass is 32.2. The standard InChI is InChI=1S/C21H20N2OS/c1-14(12-17-9-5-4-6-10-17)13-19-20(24)23-21(25-19)22-18-11-7-8-15(2)16(18)3/h4-13H,1-3H3,(H,22,23,24)/b14-12+,19-13-. The van der Waals surface area contributed by atoms with Crippen molar-refractivity contribution in [2.75, 3.05) is 0 Å². The average Bonchev–Trinajstić information content (AvgIpc) is 2.92. The lowest BCUT2D eigenvalue weighted by Gasteiger charge is -2.04. The molecule has 0 aromatic heterocycles. The molecule has 1 heterocycles. The van der Waals surface area contributed by atoms with E-state index in [-0.39, 0.29) is 5.91 Å². The first kappa shape index (κ1) is 17.2. The Hall–Kier alpha value is -2.59. The van der Waals surface area contributed by atoms with E-state index < -0.39 is 0 Å². The third-order valence-corrected chi connectivity index (χ3v) is 4.91. The van der Waals surface area contributed by atoms with E-state index in [0.29, 0.717) is 10.1 Å². The first-order valence-electron chi connectivity index (χ1n) is 8.12. The lowest BCUT2D eigenvalue weighted by Crippen LogP contribution is -2.19. The number of hydrogen-bond donors (Lipinski definition) is 1. The number of carbonyl (C=O) groups excluding carboxylic acids is 1. The number of nitrogens with one attached hydrogen (secondary N) is 1. The fraction of sp³-hybridized carbons (Fsp3) is 0.143. The van der Waals surface area contributed by atoms with Crippen LogP contribution in [0, 0.1) is 13.8 Å². The monoisotopic (exact) mass is 348 g/mol. The number of amidine groups is 1. The zero-order chi connectivity index (χ0) is 17.8. The largest absolute Gasteiger partial charge is 0.300 e. The van der Waals surface area contributed by atoms with Crippen molar-refractivity contribution < 1.29 is 4.79 Å². The van der Waals surface area contributed by atoms with E-state index in [0.717, 1.165) is 22.4 Å². The summed E-state index contributed by atoms with van der Waals surface area (Å²) in [6, 6.07) is 16.1. The Labute approximate surface area is 152 Å². The number of rotatable bonds is 3. The highest BCUT2D eigenvalue weighted by Gasteiger charge is 2.23. The normalized spacial score (nSPS) is 18.0. The van der Waals surface area contributed by atoms with Crippen molar-refractivity contribution in [2.45, 2.75) is 20.8 Å². The summed E-state index contributed by atoms with van der Waals surface area (Å²) in [5.41, 5.74) is 5.35. The molecule has 2 aromatic carbocycles. The highest BCUT2D eigenvalue weighted by molar-refractivity contribution is 8.18.